The van der Waals surface area contributed by atoms with E-state index in [0.717, 1.165) is 43.2 Å². The summed E-state index contributed by atoms with van der Waals surface area (Å²) in [4.78, 5) is 27.7. The van der Waals surface area contributed by atoms with Crippen molar-refractivity contribution in [3.8, 4) is 0 Å². The molecule has 3 aromatic rings. The summed E-state index contributed by atoms with van der Waals surface area (Å²) < 4.78 is 0. The number of nitrogens with one attached hydrogen (secondary N) is 2. The summed E-state index contributed by atoms with van der Waals surface area (Å²) in [6, 6.07) is 16.4. The predicted octanol–water partition coefficient (Wildman–Crippen LogP) is 4.54. The maximum Gasteiger partial charge on any atom is 0.227 e. The molecule has 1 fully saturated rings. The third-order valence-electron chi connectivity index (χ3n) is 6.15. The van der Waals surface area contributed by atoms with Crippen LogP contribution in [-0.2, 0) is 22.4 Å². The lowest BCUT2D eigenvalue weighted by molar-refractivity contribution is -0.122. The number of ketones is 1. The maximum atomic E-state index is 12.6. The average Bonchev–Trinajstić information content (AvgIpc) is 3.34. The second-order valence-electron chi connectivity index (χ2n) is 8.12. The highest BCUT2D eigenvalue weighted by Gasteiger charge is 2.24. The van der Waals surface area contributed by atoms with E-state index in [2.05, 4.69) is 34.6 Å². The first kappa shape index (κ1) is 19.4. The lowest BCUT2D eigenvalue weighted by Crippen LogP contribution is -2.29. The average molecular weight is 389 g/mol. The van der Waals surface area contributed by atoms with E-state index in [1.807, 2.05) is 37.4 Å². The van der Waals surface area contributed by atoms with E-state index in [1.165, 1.54) is 16.5 Å². The molecule has 1 saturated carbocycles. The molecule has 1 heterocycles. The topological polar surface area (TPSA) is 62.0 Å². The largest absolute Gasteiger partial charge is 0.361 e. The molecule has 150 valence electrons. The van der Waals surface area contributed by atoms with Gasteiger partial charge in [-0.05, 0) is 55.4 Å². The first-order valence-electron chi connectivity index (χ1n) is 10.6. The van der Waals surface area contributed by atoms with Crippen LogP contribution in [0.1, 0.15) is 48.8 Å². The minimum absolute atomic E-state index is 0.0450. The van der Waals surface area contributed by atoms with E-state index in [1.54, 1.807) is 0 Å². The van der Waals surface area contributed by atoms with Crippen LogP contribution in [0, 0.1) is 5.92 Å². The molecule has 0 aliphatic heterocycles. The van der Waals surface area contributed by atoms with Crippen molar-refractivity contribution in [3.63, 3.8) is 0 Å². The molecular formula is C25H28N2O2. The van der Waals surface area contributed by atoms with Gasteiger partial charge in [-0.3, -0.25) is 9.59 Å². The molecule has 0 radical (unpaired) electrons. The Kier molecular flexibility index (Phi) is 5.79. The van der Waals surface area contributed by atoms with E-state index >= 15 is 0 Å². The van der Waals surface area contributed by atoms with Crippen molar-refractivity contribution in [2.75, 3.05) is 6.54 Å². The van der Waals surface area contributed by atoms with Gasteiger partial charge in [-0.25, -0.2) is 0 Å². The molecule has 2 N–H and O–H groups in total. The van der Waals surface area contributed by atoms with Crippen LogP contribution in [-0.4, -0.2) is 23.2 Å². The lowest BCUT2D eigenvalue weighted by Gasteiger charge is -2.14. The number of rotatable bonds is 7. The van der Waals surface area contributed by atoms with Crippen molar-refractivity contribution in [1.82, 2.24) is 10.3 Å². The lowest BCUT2D eigenvalue weighted by atomic mass is 9.94. The molecule has 1 aliphatic carbocycles. The number of aromatic nitrogens is 1. The summed E-state index contributed by atoms with van der Waals surface area (Å²) in [6.45, 7) is 2.56. The molecule has 29 heavy (non-hydrogen) atoms. The van der Waals surface area contributed by atoms with Gasteiger partial charge in [0.25, 0.3) is 0 Å². The van der Waals surface area contributed by atoms with Crippen molar-refractivity contribution in [1.29, 1.82) is 0 Å². The van der Waals surface area contributed by atoms with Crippen molar-refractivity contribution in [2.24, 2.45) is 5.92 Å². The first-order chi connectivity index (χ1) is 14.1. The number of aromatic amines is 1. The van der Waals surface area contributed by atoms with Gasteiger partial charge in [0, 0.05) is 36.0 Å². The predicted molar refractivity (Wildman–Crippen MR) is 116 cm³/mol. The quantitative estimate of drug-likeness (QED) is 0.624. The van der Waals surface area contributed by atoms with Crippen molar-refractivity contribution < 1.29 is 9.59 Å². The van der Waals surface area contributed by atoms with Crippen LogP contribution in [0.3, 0.4) is 0 Å². The first-order valence-corrected chi connectivity index (χ1v) is 10.6. The van der Waals surface area contributed by atoms with Crippen LogP contribution in [0.2, 0.25) is 0 Å². The van der Waals surface area contributed by atoms with Gasteiger partial charge in [-0.2, -0.15) is 0 Å². The van der Waals surface area contributed by atoms with Gasteiger partial charge in [-0.1, -0.05) is 42.5 Å². The van der Waals surface area contributed by atoms with Crippen molar-refractivity contribution >= 4 is 22.6 Å². The Labute approximate surface area is 171 Å². The maximum absolute atomic E-state index is 12.6. The summed E-state index contributed by atoms with van der Waals surface area (Å²) in [5.74, 6) is 0.437. The minimum Gasteiger partial charge on any atom is -0.361 e. The summed E-state index contributed by atoms with van der Waals surface area (Å²) in [6.07, 6.45) is 6.42. The van der Waals surface area contributed by atoms with Crippen molar-refractivity contribution in [2.45, 2.75) is 44.9 Å². The number of carbonyl (C=O) groups is 2. The van der Waals surface area contributed by atoms with Gasteiger partial charge < -0.3 is 10.3 Å². The Bertz CT molecular complexity index is 1000. The number of para-hydroxylation sites is 1. The molecule has 2 atom stereocenters. The molecule has 4 nitrogen and oxygen atoms in total. The Morgan fingerprint density at radius 3 is 2.72 bits per heavy atom. The molecule has 4 heteroatoms. The van der Waals surface area contributed by atoms with Gasteiger partial charge in [0.15, 0.2) is 0 Å². The van der Waals surface area contributed by atoms with Crippen LogP contribution in [0.15, 0.2) is 54.7 Å². The fourth-order valence-corrected chi connectivity index (χ4v) is 4.29. The fraction of sp³-hybridized carbons (Fsp3) is 0.360. The Hall–Kier alpha value is -2.88. The van der Waals surface area contributed by atoms with E-state index in [9.17, 15) is 9.59 Å². The normalized spacial score (nSPS) is 17.6. The Morgan fingerprint density at radius 1 is 1.17 bits per heavy atom. The molecule has 2 aromatic carbocycles. The highest BCUT2D eigenvalue weighted by Crippen LogP contribution is 2.26. The molecular weight excluding hydrogens is 360 g/mol. The van der Waals surface area contributed by atoms with Crippen LogP contribution < -0.4 is 5.32 Å². The van der Waals surface area contributed by atoms with E-state index in [-0.39, 0.29) is 17.7 Å². The molecule has 1 aliphatic rings. The highest BCUT2D eigenvalue weighted by molar-refractivity contribution is 5.85. The number of carbonyl (C=O) groups excluding carboxylic acids is 2. The van der Waals surface area contributed by atoms with Gasteiger partial charge in [0.1, 0.15) is 5.78 Å². The summed E-state index contributed by atoms with van der Waals surface area (Å²) in [7, 11) is 0. The molecule has 1 amide bonds. The summed E-state index contributed by atoms with van der Waals surface area (Å²) >= 11 is 0. The fourth-order valence-electron chi connectivity index (χ4n) is 4.29. The number of hydrogen-bond donors (Lipinski definition) is 2. The molecule has 0 spiro atoms. The molecule has 0 bridgehead atoms. The Balaban J connectivity index is 1.30. The van der Waals surface area contributed by atoms with Gasteiger partial charge in [0.05, 0.1) is 5.92 Å². The standard InChI is InChI=1S/C25H28N2O2/c1-17(19-11-9-18(10-12-19)15-20-5-4-8-24(20)28)25(29)26-14-13-21-16-27-23-7-3-2-6-22(21)23/h2-3,6-7,9-12,16-17,20,27H,4-5,8,13-15H2,1H3,(H,26,29)/t17-,20-/m0/s1. The van der Waals surface area contributed by atoms with E-state index in [0.29, 0.717) is 12.3 Å². The third kappa shape index (κ3) is 4.42. The third-order valence-corrected chi connectivity index (χ3v) is 6.15. The zero-order valence-corrected chi connectivity index (χ0v) is 16.9. The Morgan fingerprint density at radius 2 is 1.97 bits per heavy atom. The second kappa shape index (κ2) is 8.64. The number of amides is 1. The monoisotopic (exact) mass is 388 g/mol. The smallest absolute Gasteiger partial charge is 0.227 e. The van der Waals surface area contributed by atoms with Crippen LogP contribution >= 0.6 is 0 Å². The number of benzene rings is 2. The van der Waals surface area contributed by atoms with E-state index in [4.69, 9.17) is 0 Å². The van der Waals surface area contributed by atoms with Gasteiger partial charge >= 0.3 is 0 Å². The molecule has 0 saturated heterocycles. The van der Waals surface area contributed by atoms with Gasteiger partial charge in [0.2, 0.25) is 5.91 Å². The number of fused-ring (bicyclic) bond motifs is 1. The van der Waals surface area contributed by atoms with Crippen LogP contribution in [0.5, 0.6) is 0 Å². The molecule has 1 aromatic heterocycles. The van der Waals surface area contributed by atoms with Crippen LogP contribution in [0.25, 0.3) is 10.9 Å². The number of hydrogen-bond acceptors (Lipinski definition) is 2. The van der Waals surface area contributed by atoms with Gasteiger partial charge in [-0.15, -0.1) is 0 Å². The summed E-state index contributed by atoms with van der Waals surface area (Å²) in [5.41, 5.74) is 4.54. The number of H-pyrrole nitrogens is 1. The second-order valence-corrected chi connectivity index (χ2v) is 8.12. The minimum atomic E-state index is -0.194. The molecule has 0 unspecified atom stereocenters. The van der Waals surface area contributed by atoms with Crippen molar-refractivity contribution in [3.05, 3.63) is 71.4 Å². The van der Waals surface area contributed by atoms with E-state index < -0.39 is 0 Å². The van der Waals surface area contributed by atoms with Crippen LogP contribution in [0.4, 0.5) is 0 Å². The highest BCUT2D eigenvalue weighted by atomic mass is 16.1. The zero-order chi connectivity index (χ0) is 20.2. The SMILES string of the molecule is C[C@H](C(=O)NCCc1c[nH]c2ccccc12)c1ccc(C[C@@H]2CCCC2=O)cc1. The number of Topliss-reactive ketones (excluding diaryl/α,β-unsaturated/α-hetero) is 1. The zero-order valence-electron chi connectivity index (χ0n) is 16.9. The molecule has 4 rings (SSSR count). The summed E-state index contributed by atoms with van der Waals surface area (Å²) in [5, 5.41) is 4.28.